The van der Waals surface area contributed by atoms with Crippen LogP contribution in [0.2, 0.25) is 0 Å². The van der Waals surface area contributed by atoms with Crippen LogP contribution in [0.1, 0.15) is 47.9 Å². The highest BCUT2D eigenvalue weighted by atomic mass is 16.5. The smallest absolute Gasteiger partial charge is 0.259 e. The van der Waals surface area contributed by atoms with Gasteiger partial charge in [0, 0.05) is 36.4 Å². The molecule has 37 heavy (non-hydrogen) atoms. The molecule has 0 unspecified atom stereocenters. The molecule has 4 heterocycles. The number of hydrogen-bond acceptors (Lipinski definition) is 7. The number of hydrogen-bond donors (Lipinski definition) is 2. The fraction of sp³-hybridized carbons (Fsp3) is 0.222. The molecule has 5 aromatic rings. The van der Waals surface area contributed by atoms with Gasteiger partial charge < -0.3 is 20.4 Å². The number of carbonyl (C=O) groups excluding carboxylic acids is 1. The molecule has 0 radical (unpaired) electrons. The number of nitrogen functional groups attached to an aromatic ring is 1. The highest BCUT2D eigenvalue weighted by molar-refractivity contribution is 6.04. The Bertz CT molecular complexity index is 1740. The molecule has 6 rings (SSSR count). The Kier molecular flexibility index (Phi) is 5.36. The summed E-state index contributed by atoms with van der Waals surface area (Å²) in [5, 5.41) is 8.61. The number of rotatable bonds is 6. The van der Waals surface area contributed by atoms with Gasteiger partial charge >= 0.3 is 0 Å². The van der Waals surface area contributed by atoms with Crippen molar-refractivity contribution >= 4 is 28.1 Å². The van der Waals surface area contributed by atoms with Crippen molar-refractivity contribution in [2.75, 3.05) is 12.8 Å². The van der Waals surface area contributed by atoms with E-state index in [0.29, 0.717) is 16.9 Å². The van der Waals surface area contributed by atoms with Crippen molar-refractivity contribution in [1.29, 1.82) is 0 Å². The van der Waals surface area contributed by atoms with Crippen molar-refractivity contribution in [3.05, 3.63) is 82.7 Å². The second kappa shape index (κ2) is 8.74. The van der Waals surface area contributed by atoms with Crippen LogP contribution in [0.25, 0.3) is 27.5 Å². The Hall–Kier alpha value is -4.73. The number of pyridine rings is 2. The van der Waals surface area contributed by atoms with Crippen LogP contribution in [0.3, 0.4) is 0 Å². The number of ether oxygens (including phenoxy) is 1. The number of fused-ring (bicyclic) bond motifs is 2. The molecule has 0 aliphatic heterocycles. The average Bonchev–Trinajstić information content (AvgIpc) is 3.68. The predicted molar refractivity (Wildman–Crippen MR) is 140 cm³/mol. The largest absolute Gasteiger partial charge is 0.481 e. The molecule has 10 nitrogen and oxygen atoms in total. The van der Waals surface area contributed by atoms with E-state index in [1.807, 2.05) is 47.9 Å². The Labute approximate surface area is 211 Å². The second-order valence-electron chi connectivity index (χ2n) is 9.18. The molecule has 1 aromatic carbocycles. The van der Waals surface area contributed by atoms with Gasteiger partial charge in [0.15, 0.2) is 11.5 Å². The molecule has 1 saturated carbocycles. The summed E-state index contributed by atoms with van der Waals surface area (Å²) in [5.74, 6) is 0.177. The number of nitrogens with two attached hydrogens (primary N) is 1. The third-order valence-electron chi connectivity index (χ3n) is 6.72. The van der Waals surface area contributed by atoms with E-state index in [-0.39, 0.29) is 23.0 Å². The molecule has 1 aliphatic rings. The Morgan fingerprint density at radius 3 is 2.78 bits per heavy atom. The van der Waals surface area contributed by atoms with E-state index in [2.05, 4.69) is 20.4 Å². The zero-order chi connectivity index (χ0) is 25.7. The van der Waals surface area contributed by atoms with Crippen LogP contribution in [0.4, 0.5) is 5.82 Å². The molecule has 10 heteroatoms. The quantitative estimate of drug-likeness (QED) is 0.369. The lowest BCUT2D eigenvalue weighted by atomic mass is 9.98. The van der Waals surface area contributed by atoms with E-state index < -0.39 is 11.9 Å². The summed E-state index contributed by atoms with van der Waals surface area (Å²) in [7, 11) is 1.56. The van der Waals surface area contributed by atoms with E-state index in [1.165, 1.54) is 4.52 Å². The third kappa shape index (κ3) is 3.86. The van der Waals surface area contributed by atoms with E-state index in [9.17, 15) is 9.59 Å². The maximum atomic E-state index is 14.0. The van der Waals surface area contributed by atoms with Gasteiger partial charge in [-0.25, -0.2) is 14.5 Å². The van der Waals surface area contributed by atoms with Crippen LogP contribution in [0.15, 0.2) is 65.8 Å². The number of anilines is 1. The van der Waals surface area contributed by atoms with Gasteiger partial charge in [-0.2, -0.15) is 0 Å². The summed E-state index contributed by atoms with van der Waals surface area (Å²) in [5.41, 5.74) is 8.95. The zero-order valence-electron chi connectivity index (χ0n) is 20.4. The minimum atomic E-state index is -0.465. The van der Waals surface area contributed by atoms with Crippen LogP contribution in [0, 0.1) is 0 Å². The van der Waals surface area contributed by atoms with E-state index in [0.717, 1.165) is 35.0 Å². The van der Waals surface area contributed by atoms with Gasteiger partial charge in [-0.3, -0.25) is 9.59 Å². The van der Waals surface area contributed by atoms with Crippen molar-refractivity contribution in [2.45, 2.75) is 31.8 Å². The third-order valence-corrected chi connectivity index (χ3v) is 6.72. The molecular formula is C27H25N7O3. The molecule has 3 N–H and O–H groups in total. The lowest BCUT2D eigenvalue weighted by molar-refractivity contribution is 0.0940. The number of aromatic nitrogens is 5. The van der Waals surface area contributed by atoms with Crippen LogP contribution < -0.4 is 21.3 Å². The molecule has 1 aliphatic carbocycles. The maximum Gasteiger partial charge on any atom is 0.259 e. The number of amides is 1. The molecule has 0 spiro atoms. The summed E-state index contributed by atoms with van der Waals surface area (Å²) >= 11 is 0. The Morgan fingerprint density at radius 1 is 1.16 bits per heavy atom. The molecule has 1 atom stereocenters. The number of carbonyl (C=O) groups is 1. The first kappa shape index (κ1) is 22.7. The van der Waals surface area contributed by atoms with Gasteiger partial charge in [0.05, 0.1) is 18.5 Å². The minimum absolute atomic E-state index is 0.0837. The number of nitrogens with one attached hydrogen (secondary N) is 1. The van der Waals surface area contributed by atoms with Gasteiger partial charge in [-0.05, 0) is 54.5 Å². The first-order valence-electron chi connectivity index (χ1n) is 12.0. The summed E-state index contributed by atoms with van der Waals surface area (Å²) in [6, 6.07) is 12.8. The molecule has 4 aromatic heterocycles. The van der Waals surface area contributed by atoms with Crippen LogP contribution in [-0.4, -0.2) is 37.2 Å². The summed E-state index contributed by atoms with van der Waals surface area (Å²) < 4.78 is 8.59. The number of nitrogens with zero attached hydrogens (tertiary/aromatic N) is 5. The van der Waals surface area contributed by atoms with E-state index >= 15 is 0 Å². The topological polar surface area (TPSA) is 129 Å². The van der Waals surface area contributed by atoms with Crippen LogP contribution in [0.5, 0.6) is 5.88 Å². The lowest BCUT2D eigenvalue weighted by Gasteiger charge is -2.21. The van der Waals surface area contributed by atoms with Gasteiger partial charge in [-0.15, -0.1) is 5.10 Å². The summed E-state index contributed by atoms with van der Waals surface area (Å²) in [4.78, 5) is 35.7. The monoisotopic (exact) mass is 495 g/mol. The lowest BCUT2D eigenvalue weighted by Crippen LogP contribution is -2.32. The van der Waals surface area contributed by atoms with Gasteiger partial charge in [0.25, 0.3) is 11.5 Å². The fourth-order valence-corrected chi connectivity index (χ4v) is 4.83. The van der Waals surface area contributed by atoms with Crippen LogP contribution >= 0.6 is 0 Å². The van der Waals surface area contributed by atoms with Crippen molar-refractivity contribution in [1.82, 2.24) is 29.5 Å². The number of methoxy groups -OCH3 is 1. The van der Waals surface area contributed by atoms with Crippen molar-refractivity contribution in [2.24, 2.45) is 0 Å². The average molecular weight is 496 g/mol. The Morgan fingerprint density at radius 2 is 2.00 bits per heavy atom. The van der Waals surface area contributed by atoms with Gasteiger partial charge in [0.2, 0.25) is 5.88 Å². The normalized spacial score (nSPS) is 14.1. The first-order valence-corrected chi connectivity index (χ1v) is 12.0. The fourth-order valence-electron chi connectivity index (χ4n) is 4.83. The molecule has 0 bridgehead atoms. The summed E-state index contributed by atoms with van der Waals surface area (Å²) in [6.45, 7) is 1.87. The van der Waals surface area contributed by atoms with Gasteiger partial charge in [-0.1, -0.05) is 18.2 Å². The standard InChI is InChI=1S/C27H25N7O3/c1-15(31-26(35)23-24(28)32-33-12-4-10-30-25(23)33)20-13-17-5-3-6-19(16-9-11-29-21(14-16)37-2)22(17)27(36)34(20)18-7-8-18/h3-6,9-15,18H,7-8H2,1-2H3,(H2,28,32)(H,31,35)/t15-/m0/s1. The van der Waals surface area contributed by atoms with Gasteiger partial charge in [0.1, 0.15) is 5.56 Å². The molecule has 1 amide bonds. The van der Waals surface area contributed by atoms with E-state index in [1.54, 1.807) is 31.8 Å². The first-order chi connectivity index (χ1) is 18.0. The second-order valence-corrected chi connectivity index (χ2v) is 9.18. The van der Waals surface area contributed by atoms with Crippen molar-refractivity contribution < 1.29 is 9.53 Å². The molecule has 0 saturated heterocycles. The summed E-state index contributed by atoms with van der Waals surface area (Å²) in [6.07, 6.45) is 6.76. The van der Waals surface area contributed by atoms with Crippen molar-refractivity contribution in [3.8, 4) is 17.0 Å². The van der Waals surface area contributed by atoms with Crippen LogP contribution in [-0.2, 0) is 0 Å². The SMILES string of the molecule is COc1cc(-c2cccc3cc([C@H](C)NC(=O)c4c(N)nn5cccnc45)n(C4CC4)c(=O)c23)ccn1. The highest BCUT2D eigenvalue weighted by Gasteiger charge is 2.31. The van der Waals surface area contributed by atoms with Crippen molar-refractivity contribution in [3.63, 3.8) is 0 Å². The molecule has 186 valence electrons. The maximum absolute atomic E-state index is 14.0. The minimum Gasteiger partial charge on any atom is -0.481 e. The van der Waals surface area contributed by atoms with E-state index in [4.69, 9.17) is 10.5 Å². The predicted octanol–water partition coefficient (Wildman–Crippen LogP) is 3.52. The number of benzene rings is 1. The highest BCUT2D eigenvalue weighted by Crippen LogP contribution is 2.38. The molecular weight excluding hydrogens is 470 g/mol. The molecule has 1 fully saturated rings. The zero-order valence-corrected chi connectivity index (χ0v) is 20.4. The Balaban J connectivity index is 1.44.